The summed E-state index contributed by atoms with van der Waals surface area (Å²) in [6.07, 6.45) is -5.59. The van der Waals surface area contributed by atoms with Crippen LogP contribution < -0.4 is 5.32 Å². The van der Waals surface area contributed by atoms with Crippen molar-refractivity contribution >= 4 is 17.7 Å². The van der Waals surface area contributed by atoms with Crippen LogP contribution in [0.4, 0.5) is 19.0 Å². The van der Waals surface area contributed by atoms with Crippen LogP contribution in [0.5, 0.6) is 0 Å². The molecule has 142 valence electrons. The first-order chi connectivity index (χ1) is 12.0. The van der Waals surface area contributed by atoms with E-state index in [1.807, 2.05) is 0 Å². The molecule has 1 atom stereocenters. The van der Waals surface area contributed by atoms with Crippen molar-refractivity contribution in [3.05, 3.63) is 34.8 Å². The summed E-state index contributed by atoms with van der Waals surface area (Å²) in [5.41, 5.74) is 0.357. The number of nitrogens with zero attached hydrogens (tertiary/aromatic N) is 2. The Morgan fingerprint density at radius 3 is 2.50 bits per heavy atom. The van der Waals surface area contributed by atoms with E-state index in [0.29, 0.717) is 5.76 Å². The monoisotopic (exact) mass is 373 g/mol. The Labute approximate surface area is 147 Å². The molecule has 2 rings (SSSR count). The van der Waals surface area contributed by atoms with Crippen molar-refractivity contribution in [3.63, 3.8) is 0 Å². The van der Waals surface area contributed by atoms with Crippen LogP contribution >= 0.6 is 0 Å². The smallest absolute Gasteiger partial charge is 0.406 e. The fourth-order valence-electron chi connectivity index (χ4n) is 2.36. The predicted octanol–water partition coefficient (Wildman–Crippen LogP) is 3.15. The number of rotatable bonds is 5. The van der Waals surface area contributed by atoms with E-state index in [4.69, 9.17) is 9.26 Å². The molecule has 0 unspecified atom stereocenters. The Morgan fingerprint density at radius 2 is 1.96 bits per heavy atom. The molecule has 0 aliphatic rings. The number of nitrogens with one attached hydrogen (secondary N) is 1. The van der Waals surface area contributed by atoms with E-state index in [0.717, 1.165) is 4.57 Å². The third kappa shape index (κ3) is 4.64. The van der Waals surface area contributed by atoms with Crippen molar-refractivity contribution in [2.45, 2.75) is 46.5 Å². The normalized spacial score (nSPS) is 12.7. The molecule has 0 radical (unpaired) electrons. The van der Waals surface area contributed by atoms with Gasteiger partial charge in [0.2, 0.25) is 0 Å². The molecule has 10 heteroatoms. The lowest BCUT2D eigenvalue weighted by Crippen LogP contribution is -2.30. The second kappa shape index (κ2) is 7.22. The van der Waals surface area contributed by atoms with Crippen molar-refractivity contribution in [1.29, 1.82) is 0 Å². The predicted molar refractivity (Wildman–Crippen MR) is 84.7 cm³/mol. The number of alkyl halides is 3. The van der Waals surface area contributed by atoms with E-state index in [9.17, 15) is 22.8 Å². The fourth-order valence-corrected chi connectivity index (χ4v) is 2.36. The van der Waals surface area contributed by atoms with Gasteiger partial charge in [0.1, 0.15) is 12.3 Å². The molecule has 0 fully saturated rings. The lowest BCUT2D eigenvalue weighted by atomic mass is 10.2. The standard InChI is InChI=1S/C16H18F3N3O4/c1-8-5-12(10(3)22(8)7-16(17,18)19)15(24)25-11(4)14(23)20-13-6-9(2)26-21-13/h5-6,11H,7H2,1-4H3,(H,20,21,23)/t11-/m1/s1. The topological polar surface area (TPSA) is 86.4 Å². The van der Waals surface area contributed by atoms with Crippen LogP contribution in [0.3, 0.4) is 0 Å². The molecule has 2 aromatic rings. The van der Waals surface area contributed by atoms with E-state index in [2.05, 4.69) is 10.5 Å². The minimum atomic E-state index is -4.42. The number of carbonyl (C=O) groups excluding carboxylic acids is 2. The summed E-state index contributed by atoms with van der Waals surface area (Å²) in [4.78, 5) is 24.2. The second-order valence-electron chi connectivity index (χ2n) is 5.85. The molecule has 0 aromatic carbocycles. The highest BCUT2D eigenvalue weighted by Gasteiger charge is 2.31. The molecule has 0 saturated heterocycles. The van der Waals surface area contributed by atoms with E-state index in [-0.39, 0.29) is 22.8 Å². The van der Waals surface area contributed by atoms with Gasteiger partial charge in [0.15, 0.2) is 11.9 Å². The molecule has 26 heavy (non-hydrogen) atoms. The highest BCUT2D eigenvalue weighted by Crippen LogP contribution is 2.23. The fraction of sp³-hybridized carbons (Fsp3) is 0.438. The Kier molecular flexibility index (Phi) is 5.43. The highest BCUT2D eigenvalue weighted by atomic mass is 19.4. The third-order valence-corrected chi connectivity index (χ3v) is 3.66. The maximum Gasteiger partial charge on any atom is 0.406 e. The zero-order chi connectivity index (χ0) is 19.6. The molecule has 0 saturated carbocycles. The van der Waals surface area contributed by atoms with Gasteiger partial charge in [0, 0.05) is 17.5 Å². The first kappa shape index (κ1) is 19.5. The quantitative estimate of drug-likeness (QED) is 0.814. The Hall–Kier alpha value is -2.78. The van der Waals surface area contributed by atoms with Crippen LogP contribution in [0.15, 0.2) is 16.7 Å². The lowest BCUT2D eigenvalue weighted by Gasteiger charge is -2.14. The molecule has 1 amide bonds. The summed E-state index contributed by atoms with van der Waals surface area (Å²) in [5.74, 6) is -0.873. The largest absolute Gasteiger partial charge is 0.449 e. The first-order valence-electron chi connectivity index (χ1n) is 7.66. The zero-order valence-electron chi connectivity index (χ0n) is 14.6. The first-order valence-corrected chi connectivity index (χ1v) is 7.66. The number of hydrogen-bond acceptors (Lipinski definition) is 5. The zero-order valence-corrected chi connectivity index (χ0v) is 14.6. The summed E-state index contributed by atoms with van der Waals surface area (Å²) in [6, 6.07) is 2.78. The van der Waals surface area contributed by atoms with Crippen molar-refractivity contribution in [2.24, 2.45) is 0 Å². The molecule has 7 nitrogen and oxygen atoms in total. The van der Waals surface area contributed by atoms with Gasteiger partial charge < -0.3 is 19.1 Å². The van der Waals surface area contributed by atoms with E-state index in [1.54, 1.807) is 6.92 Å². The summed E-state index contributed by atoms with van der Waals surface area (Å²) in [5, 5.41) is 5.99. The molecule has 0 aliphatic carbocycles. The second-order valence-corrected chi connectivity index (χ2v) is 5.85. The van der Waals surface area contributed by atoms with E-state index >= 15 is 0 Å². The number of halogens is 3. The van der Waals surface area contributed by atoms with E-state index in [1.165, 1.54) is 32.9 Å². The Morgan fingerprint density at radius 1 is 1.31 bits per heavy atom. The minimum absolute atomic E-state index is 0.0244. The SMILES string of the molecule is Cc1cc(NC(=O)[C@@H](C)OC(=O)c2cc(C)n(CC(F)(F)F)c2C)no1. The van der Waals surface area contributed by atoms with Gasteiger partial charge in [-0.2, -0.15) is 13.2 Å². The average Bonchev–Trinajstić information content (AvgIpc) is 3.03. The van der Waals surface area contributed by atoms with Gasteiger partial charge in [-0.05, 0) is 33.8 Å². The van der Waals surface area contributed by atoms with E-state index < -0.39 is 30.7 Å². The molecule has 0 spiro atoms. The molecule has 0 bridgehead atoms. The van der Waals surface area contributed by atoms with Crippen LogP contribution in [-0.2, 0) is 16.1 Å². The van der Waals surface area contributed by atoms with Crippen molar-refractivity contribution in [3.8, 4) is 0 Å². The number of aromatic nitrogens is 2. The number of hydrogen-bond donors (Lipinski definition) is 1. The maximum atomic E-state index is 12.6. The lowest BCUT2D eigenvalue weighted by molar-refractivity contribution is -0.141. The Balaban J connectivity index is 2.07. The Bertz CT molecular complexity index is 823. The minimum Gasteiger partial charge on any atom is -0.449 e. The van der Waals surface area contributed by atoms with Gasteiger partial charge in [0.05, 0.1) is 5.56 Å². The average molecular weight is 373 g/mol. The van der Waals surface area contributed by atoms with Crippen LogP contribution in [-0.4, -0.2) is 33.9 Å². The van der Waals surface area contributed by atoms with Crippen molar-refractivity contribution in [1.82, 2.24) is 9.72 Å². The van der Waals surface area contributed by atoms with Crippen LogP contribution in [0, 0.1) is 20.8 Å². The number of aryl methyl sites for hydroxylation is 2. The van der Waals surface area contributed by atoms with Crippen LogP contribution in [0.25, 0.3) is 0 Å². The van der Waals surface area contributed by atoms with Crippen molar-refractivity contribution in [2.75, 3.05) is 5.32 Å². The summed E-state index contributed by atoms with van der Waals surface area (Å²) < 4.78 is 48.7. The number of esters is 1. The number of carbonyl (C=O) groups is 2. The van der Waals surface area contributed by atoms with Crippen LogP contribution in [0.1, 0.15) is 34.4 Å². The molecule has 2 heterocycles. The molecule has 0 aliphatic heterocycles. The molecular formula is C16H18F3N3O4. The summed E-state index contributed by atoms with van der Waals surface area (Å²) >= 11 is 0. The van der Waals surface area contributed by atoms with Gasteiger partial charge in [0.25, 0.3) is 5.91 Å². The maximum absolute atomic E-state index is 12.6. The van der Waals surface area contributed by atoms with Gasteiger partial charge in [-0.1, -0.05) is 5.16 Å². The van der Waals surface area contributed by atoms with Gasteiger partial charge in [-0.25, -0.2) is 4.79 Å². The number of anilines is 1. The number of ether oxygens (including phenoxy) is 1. The van der Waals surface area contributed by atoms with Crippen LogP contribution in [0.2, 0.25) is 0 Å². The highest BCUT2D eigenvalue weighted by molar-refractivity contribution is 5.97. The van der Waals surface area contributed by atoms with Gasteiger partial charge >= 0.3 is 12.1 Å². The van der Waals surface area contributed by atoms with Gasteiger partial charge in [-0.15, -0.1) is 0 Å². The summed E-state index contributed by atoms with van der Waals surface area (Å²) in [7, 11) is 0. The summed E-state index contributed by atoms with van der Waals surface area (Å²) in [6.45, 7) is 4.62. The third-order valence-electron chi connectivity index (χ3n) is 3.66. The molecule has 1 N–H and O–H groups in total. The van der Waals surface area contributed by atoms with Gasteiger partial charge in [-0.3, -0.25) is 4.79 Å². The molecular weight excluding hydrogens is 355 g/mol. The van der Waals surface area contributed by atoms with Crippen molar-refractivity contribution < 1.29 is 32.0 Å². The number of amides is 1. The molecule has 2 aromatic heterocycles.